The third kappa shape index (κ3) is 6.14. The minimum atomic E-state index is -4.24. The second kappa shape index (κ2) is 7.90. The molecule has 21 heavy (non-hydrogen) atoms. The molecule has 0 heterocycles. The van der Waals surface area contributed by atoms with Crippen LogP contribution in [0.2, 0.25) is 5.02 Å². The number of hydrogen-bond donors (Lipinski definition) is 1. The van der Waals surface area contributed by atoms with E-state index in [0.717, 1.165) is 18.5 Å². The third-order valence-electron chi connectivity index (χ3n) is 3.07. The normalized spacial score (nSPS) is 12.0. The Morgan fingerprint density at radius 3 is 2.48 bits per heavy atom. The van der Waals surface area contributed by atoms with Crippen molar-refractivity contribution >= 4 is 17.3 Å². The number of alkyl halides is 3. The van der Waals surface area contributed by atoms with E-state index >= 15 is 0 Å². The lowest BCUT2D eigenvalue weighted by atomic mass is 10.1. The van der Waals surface area contributed by atoms with Gasteiger partial charge in [-0.05, 0) is 50.6 Å². The van der Waals surface area contributed by atoms with E-state index in [1.807, 2.05) is 6.92 Å². The Labute approximate surface area is 129 Å². The van der Waals surface area contributed by atoms with Gasteiger partial charge in [0.25, 0.3) is 0 Å². The molecule has 0 unspecified atom stereocenters. The van der Waals surface area contributed by atoms with E-state index in [-0.39, 0.29) is 6.04 Å². The SMILES string of the molecule is CCCNCc1cc(Cl)ccc1N(CC(F)(F)F)C(C)C. The number of anilines is 1. The van der Waals surface area contributed by atoms with E-state index < -0.39 is 12.7 Å². The molecule has 6 heteroatoms. The summed E-state index contributed by atoms with van der Waals surface area (Å²) in [6, 6.07) is 4.77. The number of hydrogen-bond acceptors (Lipinski definition) is 2. The van der Waals surface area contributed by atoms with Crippen LogP contribution in [-0.2, 0) is 6.54 Å². The first-order chi connectivity index (χ1) is 9.74. The summed E-state index contributed by atoms with van der Waals surface area (Å²) in [5.74, 6) is 0. The summed E-state index contributed by atoms with van der Waals surface area (Å²) in [6.45, 7) is 5.90. The number of nitrogens with one attached hydrogen (secondary N) is 1. The van der Waals surface area contributed by atoms with Gasteiger partial charge in [-0.15, -0.1) is 0 Å². The Kier molecular flexibility index (Phi) is 6.81. The maximum atomic E-state index is 12.8. The van der Waals surface area contributed by atoms with Crippen molar-refractivity contribution in [2.75, 3.05) is 18.0 Å². The van der Waals surface area contributed by atoms with Crippen molar-refractivity contribution in [3.05, 3.63) is 28.8 Å². The van der Waals surface area contributed by atoms with Crippen molar-refractivity contribution in [3.8, 4) is 0 Å². The van der Waals surface area contributed by atoms with Gasteiger partial charge in [0.05, 0.1) is 0 Å². The van der Waals surface area contributed by atoms with E-state index in [9.17, 15) is 13.2 Å². The molecule has 1 aromatic rings. The molecule has 0 saturated carbocycles. The fraction of sp³-hybridized carbons (Fsp3) is 0.600. The van der Waals surface area contributed by atoms with Crippen LogP contribution in [0.15, 0.2) is 18.2 Å². The molecule has 1 rings (SSSR count). The molecule has 1 aromatic carbocycles. The van der Waals surface area contributed by atoms with Crippen molar-refractivity contribution < 1.29 is 13.2 Å². The van der Waals surface area contributed by atoms with Gasteiger partial charge in [0, 0.05) is 23.3 Å². The Hall–Kier alpha value is -0.940. The van der Waals surface area contributed by atoms with Gasteiger partial charge in [-0.3, -0.25) is 0 Å². The summed E-state index contributed by atoms with van der Waals surface area (Å²) in [5.41, 5.74) is 1.37. The molecule has 120 valence electrons. The molecule has 0 spiro atoms. The second-order valence-electron chi connectivity index (χ2n) is 5.29. The Morgan fingerprint density at radius 1 is 1.29 bits per heavy atom. The van der Waals surface area contributed by atoms with Gasteiger partial charge >= 0.3 is 6.18 Å². The third-order valence-corrected chi connectivity index (χ3v) is 3.30. The van der Waals surface area contributed by atoms with Crippen LogP contribution < -0.4 is 10.2 Å². The largest absolute Gasteiger partial charge is 0.405 e. The lowest BCUT2D eigenvalue weighted by Gasteiger charge is -2.32. The van der Waals surface area contributed by atoms with Crippen LogP contribution in [0.3, 0.4) is 0 Å². The van der Waals surface area contributed by atoms with Crippen molar-refractivity contribution in [3.63, 3.8) is 0 Å². The zero-order valence-electron chi connectivity index (χ0n) is 12.6. The number of halogens is 4. The molecule has 0 atom stereocenters. The van der Waals surface area contributed by atoms with E-state index in [0.29, 0.717) is 17.3 Å². The van der Waals surface area contributed by atoms with Crippen LogP contribution in [0.4, 0.5) is 18.9 Å². The molecule has 0 aliphatic rings. The van der Waals surface area contributed by atoms with Gasteiger partial charge in [-0.2, -0.15) is 13.2 Å². The monoisotopic (exact) mass is 322 g/mol. The molecule has 0 aliphatic heterocycles. The maximum absolute atomic E-state index is 12.8. The molecule has 0 saturated heterocycles. The van der Waals surface area contributed by atoms with Crippen LogP contribution in [0.5, 0.6) is 0 Å². The van der Waals surface area contributed by atoms with Gasteiger partial charge in [-0.1, -0.05) is 18.5 Å². The highest BCUT2D eigenvalue weighted by atomic mass is 35.5. The molecule has 0 bridgehead atoms. The summed E-state index contributed by atoms with van der Waals surface area (Å²) >= 11 is 5.98. The predicted octanol–water partition coefficient (Wildman–Crippen LogP) is 4.62. The standard InChI is InChI=1S/C15H22ClF3N2/c1-4-7-20-9-12-8-13(16)5-6-14(12)21(11(2)3)10-15(17,18)19/h5-6,8,11,20H,4,7,9-10H2,1-3H3. The van der Waals surface area contributed by atoms with Crippen LogP contribution >= 0.6 is 11.6 Å². The first kappa shape index (κ1) is 18.1. The lowest BCUT2D eigenvalue weighted by molar-refractivity contribution is -0.120. The number of benzene rings is 1. The van der Waals surface area contributed by atoms with Crippen molar-refractivity contribution in [1.29, 1.82) is 0 Å². The summed E-state index contributed by atoms with van der Waals surface area (Å²) < 4.78 is 38.4. The zero-order chi connectivity index (χ0) is 16.0. The minimum Gasteiger partial charge on any atom is -0.360 e. The highest BCUT2D eigenvalue weighted by molar-refractivity contribution is 6.30. The zero-order valence-corrected chi connectivity index (χ0v) is 13.4. The minimum absolute atomic E-state index is 0.252. The average Bonchev–Trinajstić information content (AvgIpc) is 2.36. The van der Waals surface area contributed by atoms with Gasteiger partial charge in [-0.25, -0.2) is 0 Å². The average molecular weight is 323 g/mol. The molecule has 0 aromatic heterocycles. The lowest BCUT2D eigenvalue weighted by Crippen LogP contribution is -2.40. The van der Waals surface area contributed by atoms with Crippen molar-refractivity contribution in [1.82, 2.24) is 5.32 Å². The summed E-state index contributed by atoms with van der Waals surface area (Å²) in [6.07, 6.45) is -3.27. The molecule has 2 nitrogen and oxygen atoms in total. The fourth-order valence-electron chi connectivity index (χ4n) is 2.11. The highest BCUT2D eigenvalue weighted by Gasteiger charge is 2.32. The first-order valence-electron chi connectivity index (χ1n) is 7.07. The van der Waals surface area contributed by atoms with Crippen molar-refractivity contribution in [2.45, 2.75) is 46.0 Å². The van der Waals surface area contributed by atoms with E-state index in [4.69, 9.17) is 11.6 Å². The van der Waals surface area contributed by atoms with Crippen molar-refractivity contribution in [2.24, 2.45) is 0 Å². The first-order valence-corrected chi connectivity index (χ1v) is 7.45. The van der Waals surface area contributed by atoms with Gasteiger partial charge in [0.1, 0.15) is 6.54 Å². The van der Waals surface area contributed by atoms with Gasteiger partial charge < -0.3 is 10.2 Å². The van der Waals surface area contributed by atoms with Crippen LogP contribution in [0.25, 0.3) is 0 Å². The van der Waals surface area contributed by atoms with Gasteiger partial charge in [0.2, 0.25) is 0 Å². The Balaban J connectivity index is 3.05. The second-order valence-corrected chi connectivity index (χ2v) is 5.72. The quantitative estimate of drug-likeness (QED) is 0.737. The highest BCUT2D eigenvalue weighted by Crippen LogP contribution is 2.29. The van der Waals surface area contributed by atoms with Crippen LogP contribution in [0, 0.1) is 0 Å². The van der Waals surface area contributed by atoms with Crippen LogP contribution in [0.1, 0.15) is 32.8 Å². The number of rotatable bonds is 7. The molecule has 0 fully saturated rings. The Bertz CT molecular complexity index is 447. The Morgan fingerprint density at radius 2 is 1.95 bits per heavy atom. The molecule has 0 aliphatic carbocycles. The molecular weight excluding hydrogens is 301 g/mol. The van der Waals surface area contributed by atoms with Gasteiger partial charge in [0.15, 0.2) is 0 Å². The number of nitrogens with zero attached hydrogens (tertiary/aromatic N) is 1. The summed E-state index contributed by atoms with van der Waals surface area (Å²) in [4.78, 5) is 1.36. The molecular formula is C15H22ClF3N2. The van der Waals surface area contributed by atoms with E-state index in [2.05, 4.69) is 5.32 Å². The molecule has 0 amide bonds. The van der Waals surface area contributed by atoms with E-state index in [1.165, 1.54) is 4.90 Å². The predicted molar refractivity (Wildman–Crippen MR) is 82.0 cm³/mol. The summed E-state index contributed by atoms with van der Waals surface area (Å²) in [7, 11) is 0. The topological polar surface area (TPSA) is 15.3 Å². The van der Waals surface area contributed by atoms with E-state index in [1.54, 1.807) is 32.0 Å². The fourth-order valence-corrected chi connectivity index (χ4v) is 2.31. The molecule has 0 radical (unpaired) electrons. The van der Waals surface area contributed by atoms with Crippen LogP contribution in [-0.4, -0.2) is 25.3 Å². The summed E-state index contributed by atoms with van der Waals surface area (Å²) in [5, 5.41) is 3.74. The smallest absolute Gasteiger partial charge is 0.360 e. The molecule has 1 N–H and O–H groups in total. The maximum Gasteiger partial charge on any atom is 0.405 e.